The highest BCUT2D eigenvalue weighted by molar-refractivity contribution is 6.18. The Labute approximate surface area is 125 Å². The van der Waals surface area contributed by atoms with Gasteiger partial charge in [0.15, 0.2) is 5.43 Å². The largest absolute Gasteiger partial charge is 0.349 e. The zero-order valence-electron chi connectivity index (χ0n) is 12.1. The van der Waals surface area contributed by atoms with Crippen molar-refractivity contribution < 1.29 is 0 Å². The Morgan fingerprint density at radius 1 is 1.50 bits per heavy atom. The second kappa shape index (κ2) is 6.91. The van der Waals surface area contributed by atoms with Crippen LogP contribution in [0, 0.1) is 0 Å². The molecule has 0 aliphatic carbocycles. The molecule has 3 nitrogen and oxygen atoms in total. The van der Waals surface area contributed by atoms with E-state index in [0.717, 1.165) is 25.3 Å². The van der Waals surface area contributed by atoms with E-state index < -0.39 is 0 Å². The lowest BCUT2D eigenvalue weighted by atomic mass is 10.0. The molecule has 1 aliphatic rings. The molecule has 0 bridgehead atoms. The third-order valence-corrected chi connectivity index (χ3v) is 4.03. The molecule has 0 radical (unpaired) electrons. The lowest BCUT2D eigenvalue weighted by Crippen LogP contribution is -2.41. The molecule has 0 saturated carbocycles. The van der Waals surface area contributed by atoms with Gasteiger partial charge in [0.25, 0.3) is 0 Å². The molecule has 1 aromatic rings. The van der Waals surface area contributed by atoms with Crippen molar-refractivity contribution in [2.75, 3.05) is 12.4 Å². The maximum absolute atomic E-state index is 11.5. The van der Waals surface area contributed by atoms with Crippen LogP contribution in [0.1, 0.15) is 19.5 Å². The highest BCUT2D eigenvalue weighted by Crippen LogP contribution is 2.18. The summed E-state index contributed by atoms with van der Waals surface area (Å²) < 4.78 is 2.16. The van der Waals surface area contributed by atoms with Crippen molar-refractivity contribution in [3.05, 3.63) is 58.0 Å². The minimum absolute atomic E-state index is 0.0824. The average Bonchev–Trinajstić information content (AvgIpc) is 2.47. The SMILES string of the molecule is C/C=C(\C=C/CCl)C(C)N1CCn2ccc(=O)cc2C1. The number of pyridine rings is 1. The Balaban J connectivity index is 2.15. The van der Waals surface area contributed by atoms with Crippen molar-refractivity contribution in [1.29, 1.82) is 0 Å². The van der Waals surface area contributed by atoms with Gasteiger partial charge in [-0.25, -0.2) is 0 Å². The molecule has 2 rings (SSSR count). The van der Waals surface area contributed by atoms with Gasteiger partial charge in [-0.15, -0.1) is 11.6 Å². The maximum atomic E-state index is 11.5. The second-order valence-electron chi connectivity index (χ2n) is 5.04. The summed E-state index contributed by atoms with van der Waals surface area (Å²) in [5, 5.41) is 0. The predicted molar refractivity (Wildman–Crippen MR) is 84.2 cm³/mol. The molecule has 0 fully saturated rings. The van der Waals surface area contributed by atoms with Crippen LogP contribution in [-0.4, -0.2) is 27.9 Å². The molecule has 108 valence electrons. The smallest absolute Gasteiger partial charge is 0.181 e. The Morgan fingerprint density at radius 2 is 2.30 bits per heavy atom. The van der Waals surface area contributed by atoms with Crippen LogP contribution in [0.5, 0.6) is 0 Å². The van der Waals surface area contributed by atoms with Crippen molar-refractivity contribution in [1.82, 2.24) is 9.47 Å². The molecule has 20 heavy (non-hydrogen) atoms. The van der Waals surface area contributed by atoms with E-state index in [1.165, 1.54) is 5.57 Å². The first-order chi connectivity index (χ1) is 9.65. The molecule has 2 heterocycles. The molecule has 1 unspecified atom stereocenters. The van der Waals surface area contributed by atoms with Crippen molar-refractivity contribution in [3.8, 4) is 0 Å². The number of hydrogen-bond acceptors (Lipinski definition) is 2. The first-order valence-corrected chi connectivity index (χ1v) is 7.51. The Bertz CT molecular complexity index is 574. The molecule has 0 aromatic carbocycles. The number of aromatic nitrogens is 1. The molecule has 0 spiro atoms. The van der Waals surface area contributed by atoms with Crippen molar-refractivity contribution in [2.24, 2.45) is 0 Å². The third kappa shape index (κ3) is 3.41. The van der Waals surface area contributed by atoms with Gasteiger partial charge in [-0.2, -0.15) is 0 Å². The third-order valence-electron chi connectivity index (χ3n) is 3.85. The molecule has 0 amide bonds. The van der Waals surface area contributed by atoms with E-state index >= 15 is 0 Å². The number of hydrogen-bond donors (Lipinski definition) is 0. The highest BCUT2D eigenvalue weighted by atomic mass is 35.5. The van der Waals surface area contributed by atoms with E-state index in [2.05, 4.69) is 28.5 Å². The molecular formula is C16H21ClN2O. The Kier molecular flexibility index (Phi) is 5.21. The fraction of sp³-hybridized carbons (Fsp3) is 0.438. The standard InChI is InChI=1S/C16H21ClN2O/c1-3-14(5-4-7-17)13(2)19-10-9-18-8-6-16(20)11-15(18)12-19/h3-6,8,11,13H,7,9-10,12H2,1-2H3/b5-4-,14-3+. The number of halogens is 1. The quantitative estimate of drug-likeness (QED) is 0.630. The summed E-state index contributed by atoms with van der Waals surface area (Å²) in [4.78, 5) is 13.9. The zero-order chi connectivity index (χ0) is 14.5. The van der Waals surface area contributed by atoms with Crippen LogP contribution in [0.3, 0.4) is 0 Å². The van der Waals surface area contributed by atoms with Crippen LogP contribution in [0.15, 0.2) is 46.9 Å². The van der Waals surface area contributed by atoms with Crippen LogP contribution < -0.4 is 5.43 Å². The lowest BCUT2D eigenvalue weighted by molar-refractivity contribution is 0.186. The van der Waals surface area contributed by atoms with Gasteiger partial charge in [0, 0.05) is 55.6 Å². The second-order valence-corrected chi connectivity index (χ2v) is 5.35. The summed E-state index contributed by atoms with van der Waals surface area (Å²) in [5.41, 5.74) is 2.43. The number of alkyl halides is 1. The highest BCUT2D eigenvalue weighted by Gasteiger charge is 2.21. The Morgan fingerprint density at radius 3 is 3.00 bits per heavy atom. The summed E-state index contributed by atoms with van der Waals surface area (Å²) in [7, 11) is 0. The fourth-order valence-electron chi connectivity index (χ4n) is 2.63. The lowest BCUT2D eigenvalue weighted by Gasteiger charge is -2.35. The normalized spacial score (nSPS) is 18.2. The molecular weight excluding hydrogens is 272 g/mol. The number of rotatable bonds is 4. The van der Waals surface area contributed by atoms with Gasteiger partial charge in [0.1, 0.15) is 0 Å². The first kappa shape index (κ1) is 15.1. The molecule has 0 N–H and O–H groups in total. The van der Waals surface area contributed by atoms with Gasteiger partial charge in [0.05, 0.1) is 0 Å². The van der Waals surface area contributed by atoms with Crippen molar-refractivity contribution in [3.63, 3.8) is 0 Å². The summed E-state index contributed by atoms with van der Waals surface area (Å²) >= 11 is 5.71. The monoisotopic (exact) mass is 292 g/mol. The van der Waals surface area contributed by atoms with Gasteiger partial charge in [-0.1, -0.05) is 18.2 Å². The molecule has 4 heteroatoms. The minimum atomic E-state index is 0.0824. The summed E-state index contributed by atoms with van der Waals surface area (Å²) in [6.45, 7) is 6.97. The topological polar surface area (TPSA) is 25.2 Å². The fourth-order valence-corrected chi connectivity index (χ4v) is 2.72. The number of nitrogens with zero attached hydrogens (tertiary/aromatic N) is 2. The van der Waals surface area contributed by atoms with Crippen LogP contribution in [-0.2, 0) is 13.1 Å². The summed E-state index contributed by atoms with van der Waals surface area (Å²) in [6.07, 6.45) is 8.07. The van der Waals surface area contributed by atoms with Gasteiger partial charge in [-0.3, -0.25) is 9.69 Å². The number of allylic oxidation sites excluding steroid dienone is 2. The van der Waals surface area contributed by atoms with E-state index in [1.54, 1.807) is 12.1 Å². The van der Waals surface area contributed by atoms with Gasteiger partial charge in [-0.05, 0) is 19.4 Å². The van der Waals surface area contributed by atoms with Crippen LogP contribution >= 0.6 is 11.6 Å². The van der Waals surface area contributed by atoms with Crippen molar-refractivity contribution in [2.45, 2.75) is 33.0 Å². The Hall–Kier alpha value is -1.32. The predicted octanol–water partition coefficient (Wildman–Crippen LogP) is 2.79. The van der Waals surface area contributed by atoms with E-state index in [0.29, 0.717) is 11.9 Å². The van der Waals surface area contributed by atoms with Crippen molar-refractivity contribution >= 4 is 11.6 Å². The van der Waals surface area contributed by atoms with Gasteiger partial charge in [0.2, 0.25) is 0 Å². The molecule has 1 aliphatic heterocycles. The van der Waals surface area contributed by atoms with E-state index in [4.69, 9.17) is 11.6 Å². The zero-order valence-corrected chi connectivity index (χ0v) is 12.8. The van der Waals surface area contributed by atoms with E-state index in [1.807, 2.05) is 19.2 Å². The van der Waals surface area contributed by atoms with E-state index in [9.17, 15) is 4.79 Å². The summed E-state index contributed by atoms with van der Waals surface area (Å²) in [5.74, 6) is 0.530. The van der Waals surface area contributed by atoms with Gasteiger partial charge >= 0.3 is 0 Å². The number of fused-ring (bicyclic) bond motifs is 1. The van der Waals surface area contributed by atoms with Crippen LogP contribution in [0.25, 0.3) is 0 Å². The van der Waals surface area contributed by atoms with Crippen LogP contribution in [0.4, 0.5) is 0 Å². The molecule has 1 aromatic heterocycles. The van der Waals surface area contributed by atoms with Gasteiger partial charge < -0.3 is 4.57 Å². The maximum Gasteiger partial charge on any atom is 0.181 e. The summed E-state index contributed by atoms with van der Waals surface area (Å²) in [6, 6.07) is 3.69. The van der Waals surface area contributed by atoms with Crippen LogP contribution in [0.2, 0.25) is 0 Å². The first-order valence-electron chi connectivity index (χ1n) is 6.98. The average molecular weight is 293 g/mol. The minimum Gasteiger partial charge on any atom is -0.349 e. The molecule has 0 saturated heterocycles. The van der Waals surface area contributed by atoms with E-state index in [-0.39, 0.29) is 5.43 Å². The molecule has 1 atom stereocenters.